The molecule has 2 aromatic rings. The number of fused-ring (bicyclic) bond motifs is 1. The highest BCUT2D eigenvalue weighted by molar-refractivity contribution is 6.00. The third kappa shape index (κ3) is 2.95. The zero-order valence-corrected chi connectivity index (χ0v) is 14.8. The van der Waals surface area contributed by atoms with E-state index in [1.165, 1.54) is 22.9 Å². The van der Waals surface area contributed by atoms with E-state index in [-0.39, 0.29) is 34.4 Å². The topological polar surface area (TPSA) is 104 Å². The molecule has 0 unspecified atom stereocenters. The maximum Gasteiger partial charge on any atom is 0.289 e. The van der Waals surface area contributed by atoms with Gasteiger partial charge >= 0.3 is 0 Å². The highest BCUT2D eigenvalue weighted by Gasteiger charge is 2.42. The Morgan fingerprint density at radius 3 is 2.50 bits per heavy atom. The number of aromatic nitrogens is 2. The summed E-state index contributed by atoms with van der Waals surface area (Å²) in [6.45, 7) is 4.52. The van der Waals surface area contributed by atoms with Gasteiger partial charge in [0, 0.05) is 19.0 Å². The Kier molecular flexibility index (Phi) is 3.90. The molecule has 1 aliphatic carbocycles. The first kappa shape index (κ1) is 18.0. The van der Waals surface area contributed by atoms with E-state index in [9.17, 15) is 18.4 Å². The van der Waals surface area contributed by atoms with Crippen LogP contribution in [0.2, 0.25) is 0 Å². The monoisotopic (exact) mass is 362 g/mol. The summed E-state index contributed by atoms with van der Waals surface area (Å²) in [7, 11) is 0. The van der Waals surface area contributed by atoms with Crippen LogP contribution in [0.3, 0.4) is 0 Å². The summed E-state index contributed by atoms with van der Waals surface area (Å²) in [5.74, 6) is -4.29. The number of nitrogen functional groups attached to an aromatic ring is 1. The van der Waals surface area contributed by atoms with Crippen molar-refractivity contribution in [2.24, 2.45) is 11.1 Å². The maximum absolute atomic E-state index is 14.1. The summed E-state index contributed by atoms with van der Waals surface area (Å²) in [4.78, 5) is 23.9. The van der Waals surface area contributed by atoms with E-state index in [1.807, 2.05) is 13.8 Å². The van der Waals surface area contributed by atoms with Crippen molar-refractivity contribution in [1.82, 2.24) is 9.78 Å². The van der Waals surface area contributed by atoms with Crippen molar-refractivity contribution in [2.75, 3.05) is 5.73 Å². The van der Waals surface area contributed by atoms with E-state index < -0.39 is 17.5 Å². The number of benzene rings is 1. The number of carbonyl (C=O) groups excluding carboxylic acids is 2. The standard InChI is InChI=1S/C18H20F2N4O2/c1-17(2)7-12-14(13(25)8-17)15(18(3,19)20)23-24(12)9-4-5-10(16(22)26)11(21)6-9/h4-6H,7-8,21H2,1-3H3,(H2,22,26). The van der Waals surface area contributed by atoms with Gasteiger partial charge in [0.15, 0.2) is 5.78 Å². The van der Waals surface area contributed by atoms with Crippen molar-refractivity contribution in [3.05, 3.63) is 40.7 Å². The number of anilines is 1. The molecule has 0 radical (unpaired) electrons. The lowest BCUT2D eigenvalue weighted by Crippen LogP contribution is -2.29. The van der Waals surface area contributed by atoms with Gasteiger partial charge in [-0.15, -0.1) is 0 Å². The Balaban J connectivity index is 2.25. The summed E-state index contributed by atoms with van der Waals surface area (Å²) in [6, 6.07) is 4.38. The number of nitrogens with zero attached hydrogens (tertiary/aromatic N) is 2. The number of carbonyl (C=O) groups is 2. The first-order chi connectivity index (χ1) is 11.9. The molecule has 0 aliphatic heterocycles. The Morgan fingerprint density at radius 2 is 1.96 bits per heavy atom. The lowest BCUT2D eigenvalue weighted by atomic mass is 9.75. The molecule has 6 nitrogen and oxygen atoms in total. The molecule has 1 amide bonds. The minimum atomic E-state index is -3.26. The summed E-state index contributed by atoms with van der Waals surface area (Å²) < 4.78 is 29.5. The van der Waals surface area contributed by atoms with Crippen LogP contribution in [0.5, 0.6) is 0 Å². The van der Waals surface area contributed by atoms with Crippen LogP contribution in [0.25, 0.3) is 5.69 Å². The van der Waals surface area contributed by atoms with Gasteiger partial charge in [-0.05, 0) is 30.0 Å². The van der Waals surface area contributed by atoms with Crippen molar-refractivity contribution in [1.29, 1.82) is 0 Å². The van der Waals surface area contributed by atoms with Crippen molar-refractivity contribution >= 4 is 17.4 Å². The molecule has 138 valence electrons. The Morgan fingerprint density at radius 1 is 1.31 bits per heavy atom. The van der Waals surface area contributed by atoms with E-state index in [0.29, 0.717) is 17.8 Å². The van der Waals surface area contributed by atoms with Gasteiger partial charge < -0.3 is 11.5 Å². The number of ketones is 1. The first-order valence-corrected chi connectivity index (χ1v) is 8.14. The van der Waals surface area contributed by atoms with Crippen molar-refractivity contribution in [3.8, 4) is 5.69 Å². The van der Waals surface area contributed by atoms with Gasteiger partial charge in [-0.2, -0.15) is 13.9 Å². The fourth-order valence-corrected chi connectivity index (χ4v) is 3.38. The Bertz CT molecular complexity index is 926. The predicted molar refractivity (Wildman–Crippen MR) is 92.5 cm³/mol. The summed E-state index contributed by atoms with van der Waals surface area (Å²) in [5.41, 5.74) is 11.2. The molecule has 0 bridgehead atoms. The number of primary amides is 1. The van der Waals surface area contributed by atoms with Crippen LogP contribution in [0.1, 0.15) is 59.3 Å². The lowest BCUT2D eigenvalue weighted by molar-refractivity contribution is 0.0112. The average molecular weight is 362 g/mol. The van der Waals surface area contributed by atoms with E-state index in [4.69, 9.17) is 11.5 Å². The number of nitrogens with two attached hydrogens (primary N) is 2. The molecule has 3 rings (SSSR count). The highest BCUT2D eigenvalue weighted by Crippen LogP contribution is 2.41. The number of halogens is 2. The smallest absolute Gasteiger partial charge is 0.289 e. The van der Waals surface area contributed by atoms with Gasteiger partial charge in [0.1, 0.15) is 5.69 Å². The van der Waals surface area contributed by atoms with Gasteiger partial charge in [0.25, 0.3) is 11.8 Å². The SMILES string of the molecule is CC1(C)CC(=O)c2c(C(C)(F)F)nn(-c3ccc(C(N)=O)c(N)c3)c2C1. The van der Waals surface area contributed by atoms with Crippen LogP contribution in [0.15, 0.2) is 18.2 Å². The minimum absolute atomic E-state index is 0.0191. The summed E-state index contributed by atoms with van der Waals surface area (Å²) in [6.07, 6.45) is 0.589. The van der Waals surface area contributed by atoms with Crippen LogP contribution >= 0.6 is 0 Å². The van der Waals surface area contributed by atoms with E-state index >= 15 is 0 Å². The van der Waals surface area contributed by atoms with E-state index in [2.05, 4.69) is 5.10 Å². The number of hydrogen-bond donors (Lipinski definition) is 2. The Hall–Kier alpha value is -2.77. The zero-order valence-electron chi connectivity index (χ0n) is 14.8. The number of hydrogen-bond acceptors (Lipinski definition) is 4. The number of amides is 1. The second kappa shape index (κ2) is 5.62. The molecule has 1 aromatic carbocycles. The van der Waals surface area contributed by atoms with Gasteiger partial charge in [-0.1, -0.05) is 13.8 Å². The normalized spacial score (nSPS) is 16.4. The predicted octanol–water partition coefficient (Wildman–Crippen LogP) is 2.82. The fourth-order valence-electron chi connectivity index (χ4n) is 3.38. The molecule has 4 N–H and O–H groups in total. The van der Waals surface area contributed by atoms with Gasteiger partial charge in [0.2, 0.25) is 0 Å². The van der Waals surface area contributed by atoms with Gasteiger partial charge in [-0.25, -0.2) is 4.68 Å². The molecule has 1 aliphatic rings. The lowest BCUT2D eigenvalue weighted by Gasteiger charge is -2.29. The quantitative estimate of drug-likeness (QED) is 0.819. The van der Waals surface area contributed by atoms with Gasteiger partial charge in [-0.3, -0.25) is 9.59 Å². The molecule has 0 saturated carbocycles. The molecule has 1 heterocycles. The zero-order chi connectivity index (χ0) is 19.4. The Labute approximate surface area is 149 Å². The molecule has 0 atom stereocenters. The van der Waals surface area contributed by atoms with Crippen LogP contribution < -0.4 is 11.5 Å². The third-order valence-corrected chi connectivity index (χ3v) is 4.51. The number of alkyl halides is 2. The third-order valence-electron chi connectivity index (χ3n) is 4.51. The second-order valence-corrected chi connectivity index (χ2v) is 7.55. The molecule has 8 heteroatoms. The first-order valence-electron chi connectivity index (χ1n) is 8.14. The second-order valence-electron chi connectivity index (χ2n) is 7.55. The molecule has 26 heavy (non-hydrogen) atoms. The molecule has 0 saturated heterocycles. The molecular weight excluding hydrogens is 342 g/mol. The molecular formula is C18H20F2N4O2. The highest BCUT2D eigenvalue weighted by atomic mass is 19.3. The average Bonchev–Trinajstić information content (AvgIpc) is 2.84. The van der Waals surface area contributed by atoms with Crippen molar-refractivity contribution in [3.63, 3.8) is 0 Å². The van der Waals surface area contributed by atoms with Crippen LogP contribution in [0, 0.1) is 5.41 Å². The molecule has 0 spiro atoms. The largest absolute Gasteiger partial charge is 0.398 e. The number of rotatable bonds is 3. The molecule has 0 fully saturated rings. The van der Waals surface area contributed by atoms with Crippen molar-refractivity contribution < 1.29 is 18.4 Å². The van der Waals surface area contributed by atoms with E-state index in [0.717, 1.165) is 6.92 Å². The van der Waals surface area contributed by atoms with Crippen LogP contribution in [0.4, 0.5) is 14.5 Å². The van der Waals surface area contributed by atoms with Crippen LogP contribution in [-0.4, -0.2) is 21.5 Å². The van der Waals surface area contributed by atoms with E-state index in [1.54, 1.807) is 0 Å². The van der Waals surface area contributed by atoms with Gasteiger partial charge in [0.05, 0.1) is 22.5 Å². The maximum atomic E-state index is 14.1. The van der Waals surface area contributed by atoms with Crippen molar-refractivity contribution in [2.45, 2.75) is 39.5 Å². The minimum Gasteiger partial charge on any atom is -0.398 e. The molecule has 1 aromatic heterocycles. The fraction of sp³-hybridized carbons (Fsp3) is 0.389. The summed E-state index contributed by atoms with van der Waals surface area (Å²) >= 11 is 0. The number of Topliss-reactive ketones (excluding diaryl/α,β-unsaturated/α-hetero) is 1. The summed E-state index contributed by atoms with van der Waals surface area (Å²) in [5, 5.41) is 4.04. The van der Waals surface area contributed by atoms with Crippen LogP contribution in [-0.2, 0) is 12.3 Å².